The Morgan fingerprint density at radius 3 is 2.40 bits per heavy atom. The third-order valence-electron chi connectivity index (χ3n) is 4.66. The minimum absolute atomic E-state index is 0. The number of hydrogen-bond acceptors (Lipinski definition) is 4. The molecule has 1 heterocycles. The zero-order chi connectivity index (χ0) is 22.4. The zero-order valence-electron chi connectivity index (χ0n) is 20.5. The smallest absolute Gasteiger partial charge is 0.0627 e. The van der Waals surface area contributed by atoms with E-state index in [9.17, 15) is 4.79 Å². The van der Waals surface area contributed by atoms with Crippen LogP contribution in [0, 0.1) is 45.0 Å². The van der Waals surface area contributed by atoms with Gasteiger partial charge in [0.05, 0.1) is 6.29 Å². The van der Waals surface area contributed by atoms with Gasteiger partial charge in [-0.05, 0) is 47.5 Å². The zero-order valence-corrected chi connectivity index (χ0v) is 24.7. The summed E-state index contributed by atoms with van der Waals surface area (Å²) in [5.74, 6) is 0. The molecule has 30 heavy (non-hydrogen) atoms. The van der Waals surface area contributed by atoms with Gasteiger partial charge in [0.1, 0.15) is 0 Å². The minimum Gasteiger partial charge on any atom is -0.385 e. The predicted molar refractivity (Wildman–Crippen MR) is 125 cm³/mol. The van der Waals surface area contributed by atoms with Crippen molar-refractivity contribution in [2.24, 2.45) is 0 Å². The summed E-state index contributed by atoms with van der Waals surface area (Å²) in [6.07, 6.45) is 4.20. The van der Waals surface area contributed by atoms with Crippen molar-refractivity contribution in [2.45, 2.75) is 72.9 Å². The Morgan fingerprint density at radius 2 is 1.97 bits per heavy atom. The Hall–Kier alpha value is -0.438. The molecule has 1 aliphatic heterocycles. The van der Waals surface area contributed by atoms with Crippen LogP contribution in [0.4, 0.5) is 0 Å². The Bertz CT molecular complexity index is 615. The van der Waals surface area contributed by atoms with Gasteiger partial charge < -0.3 is 14.8 Å². The number of nitrogens with one attached hydrogen (secondary N) is 1. The molecule has 1 aromatic carbocycles. The van der Waals surface area contributed by atoms with E-state index in [1.54, 1.807) is 13.2 Å². The maximum atomic E-state index is 10.1. The van der Waals surface area contributed by atoms with Crippen LogP contribution in [-0.4, -0.2) is 56.1 Å². The Kier molecular flexibility index (Phi) is 18.2. The number of carbonyl (C=O) groups excluding carboxylic acids is 1. The molecule has 170 valence electrons. The van der Waals surface area contributed by atoms with Crippen LogP contribution in [0.1, 0.15) is 64.2 Å². The van der Waals surface area contributed by atoms with Gasteiger partial charge in [0, 0.05) is 76.0 Å². The minimum atomic E-state index is 0. The number of hydrogen-bond donors (Lipinski definition) is 1. The average Bonchev–Trinajstić information content (AvgIpc) is 2.75. The van der Waals surface area contributed by atoms with E-state index in [2.05, 4.69) is 51.4 Å². The van der Waals surface area contributed by atoms with Crippen molar-refractivity contribution in [1.82, 2.24) is 10.2 Å². The summed E-state index contributed by atoms with van der Waals surface area (Å²) in [6, 6.07) is 6.16. The fourth-order valence-corrected chi connectivity index (χ4v) is 3.32. The largest absolute Gasteiger partial charge is 0.385 e. The maximum Gasteiger partial charge on any atom is 0.0627 e. The second kappa shape index (κ2) is 17.2. The van der Waals surface area contributed by atoms with Gasteiger partial charge in [0.2, 0.25) is 0 Å². The Balaban J connectivity index is 0. The first-order valence-electron chi connectivity index (χ1n) is 10.6. The van der Waals surface area contributed by atoms with Crippen LogP contribution in [0.3, 0.4) is 0 Å². The van der Waals surface area contributed by atoms with Crippen molar-refractivity contribution in [2.75, 3.05) is 33.4 Å². The fourth-order valence-electron chi connectivity index (χ4n) is 3.32. The van der Waals surface area contributed by atoms with Crippen molar-refractivity contribution in [1.29, 1.82) is 0 Å². The van der Waals surface area contributed by atoms with Gasteiger partial charge in [-0.25, -0.2) is 0 Å². The van der Waals surface area contributed by atoms with Crippen LogP contribution in [0.15, 0.2) is 30.4 Å². The number of rotatable bonds is 5. The average molecular weight is 642 g/mol. The number of aryl methyl sites for hydroxylation is 2. The topological polar surface area (TPSA) is 41.6 Å². The molecule has 0 aliphatic carbocycles. The molecule has 4 nitrogen and oxygen atoms in total. The molecule has 2 rings (SSSR count). The third kappa shape index (κ3) is 15.4. The molecule has 1 atom stereocenters. The molecule has 1 unspecified atom stereocenters. The first kappa shape index (κ1) is 31.7. The molecule has 1 aromatic rings. The molecule has 0 spiro atoms. The summed E-state index contributed by atoms with van der Waals surface area (Å²) in [4.78, 5) is 12.6. The van der Waals surface area contributed by atoms with E-state index in [0.717, 1.165) is 31.7 Å². The van der Waals surface area contributed by atoms with E-state index < -0.39 is 0 Å². The summed E-state index contributed by atoms with van der Waals surface area (Å²) >= 11 is 0. The quantitative estimate of drug-likeness (QED) is 0.370. The first-order valence-corrected chi connectivity index (χ1v) is 10.6. The number of nitrogens with zero attached hydrogens (tertiary/aromatic N) is 1. The molecule has 1 N–H and O–H groups in total. The first-order chi connectivity index (χ1) is 13.5. The summed E-state index contributed by atoms with van der Waals surface area (Å²) in [5.41, 5.74) is 4.46. The van der Waals surface area contributed by atoms with Crippen LogP contribution >= 0.6 is 0 Å². The summed E-state index contributed by atoms with van der Waals surface area (Å²) in [6.45, 7) is 23.2. The summed E-state index contributed by atoms with van der Waals surface area (Å²) in [5, 5.41) is 3.65. The van der Waals surface area contributed by atoms with E-state index in [-0.39, 0.29) is 36.7 Å². The maximum absolute atomic E-state index is 10.1. The molecule has 0 bridgehead atoms. The molecule has 0 amide bonds. The Morgan fingerprint density at radius 1 is 1.33 bits per heavy atom. The molecule has 1 fully saturated rings. The van der Waals surface area contributed by atoms with Gasteiger partial charge in [0.25, 0.3) is 0 Å². The van der Waals surface area contributed by atoms with Crippen molar-refractivity contribution in [3.63, 3.8) is 0 Å². The number of benzene rings is 1. The predicted octanol–water partition coefficient (Wildman–Crippen LogP) is 4.83. The molecule has 1 aliphatic rings. The second-order valence-electron chi connectivity index (χ2n) is 8.78. The van der Waals surface area contributed by atoms with E-state index >= 15 is 0 Å². The van der Waals surface area contributed by atoms with Gasteiger partial charge in [0.15, 0.2) is 0 Å². The van der Waals surface area contributed by atoms with Gasteiger partial charge >= 0.3 is 0 Å². The van der Waals surface area contributed by atoms with Crippen molar-refractivity contribution in [3.8, 4) is 0 Å². The Labute approximate surface area is 209 Å². The van der Waals surface area contributed by atoms with Crippen molar-refractivity contribution < 1.29 is 40.6 Å². The van der Waals surface area contributed by atoms with E-state index in [0.29, 0.717) is 11.6 Å². The summed E-state index contributed by atoms with van der Waals surface area (Å²) in [7, 11) is 1.71. The normalized spacial score (nSPS) is 17.8. The molecule has 1 saturated heterocycles. The SMILES string of the molecule is C=C(C)CN1CCC(C)NC(C)(C)C1.CCCOC.Cc1ccc([C-]=O)cc1C.[U]. The van der Waals surface area contributed by atoms with Gasteiger partial charge in [-0.3, -0.25) is 4.90 Å². The fraction of sp³-hybridized carbons (Fsp3) is 0.640. The summed E-state index contributed by atoms with van der Waals surface area (Å²) < 4.78 is 4.69. The number of ether oxygens (including phenoxy) is 1. The van der Waals surface area contributed by atoms with Gasteiger partial charge in [-0.1, -0.05) is 31.6 Å². The van der Waals surface area contributed by atoms with E-state index in [4.69, 9.17) is 4.74 Å². The van der Waals surface area contributed by atoms with Crippen LogP contribution in [-0.2, 0) is 9.53 Å². The molecular formula is C25H43N2O2U-. The second-order valence-corrected chi connectivity index (χ2v) is 8.78. The number of methoxy groups -OCH3 is 1. The van der Waals surface area contributed by atoms with Gasteiger partial charge in [-0.15, -0.1) is 11.6 Å². The molecule has 5 heteroatoms. The van der Waals surface area contributed by atoms with Crippen LogP contribution < -0.4 is 5.32 Å². The van der Waals surface area contributed by atoms with Gasteiger partial charge in [-0.2, -0.15) is 17.7 Å². The molecule has 0 aromatic heterocycles. The van der Waals surface area contributed by atoms with Crippen LogP contribution in [0.25, 0.3) is 0 Å². The standard InChI is InChI=1S/C12H24N2.C9H9O.C4H10O.U/c1-10(2)8-14-7-6-11(3)13-12(4,5)9-14;1-7-3-4-9(6-10)5-8(7)2;1-3-4-5-2;/h11,13H,1,6-9H2,2-5H3;3-5H,1-2H3;3-4H2,1-2H3;/q;-1;;. The van der Waals surface area contributed by atoms with Crippen molar-refractivity contribution >= 4 is 6.29 Å². The van der Waals surface area contributed by atoms with Crippen LogP contribution in [0.2, 0.25) is 0 Å². The molecule has 0 saturated carbocycles. The monoisotopic (exact) mass is 641 g/mol. The third-order valence-corrected chi connectivity index (χ3v) is 4.66. The van der Waals surface area contributed by atoms with E-state index in [1.165, 1.54) is 24.1 Å². The van der Waals surface area contributed by atoms with Crippen LogP contribution in [0.5, 0.6) is 0 Å². The molecular weight excluding hydrogens is 598 g/mol. The van der Waals surface area contributed by atoms with Crippen molar-refractivity contribution in [3.05, 3.63) is 47.0 Å². The molecule has 0 radical (unpaired) electrons. The van der Waals surface area contributed by atoms with E-state index in [1.807, 2.05) is 32.3 Å².